The second kappa shape index (κ2) is 6.58. The van der Waals surface area contributed by atoms with Crippen LogP contribution in [-0.2, 0) is 4.79 Å². The molecule has 0 saturated carbocycles. The molecule has 2 heterocycles. The van der Waals surface area contributed by atoms with Crippen LogP contribution in [0.4, 0.5) is 5.69 Å². The van der Waals surface area contributed by atoms with Crippen LogP contribution in [0.3, 0.4) is 0 Å². The molecule has 0 unspecified atom stereocenters. The first-order valence-electron chi connectivity index (χ1n) is 8.15. The summed E-state index contributed by atoms with van der Waals surface area (Å²) < 4.78 is 5.60. The lowest BCUT2D eigenvalue weighted by Crippen LogP contribution is -2.48. The summed E-state index contributed by atoms with van der Waals surface area (Å²) in [6, 6.07) is 5.35. The largest absolute Gasteiger partial charge is 0.491 e. The maximum absolute atomic E-state index is 12.7. The molecule has 0 atom stereocenters. The van der Waals surface area contributed by atoms with Crippen LogP contribution in [0.15, 0.2) is 18.2 Å². The molecule has 2 amide bonds. The molecule has 6 nitrogen and oxygen atoms in total. The zero-order valence-electron chi connectivity index (χ0n) is 13.7. The van der Waals surface area contributed by atoms with Gasteiger partial charge in [0, 0.05) is 38.8 Å². The van der Waals surface area contributed by atoms with E-state index in [1.165, 1.54) is 0 Å². The third-order valence-corrected chi connectivity index (χ3v) is 4.62. The number of nitrogens with zero attached hydrogens (tertiary/aromatic N) is 3. The van der Waals surface area contributed by atoms with E-state index in [9.17, 15) is 9.59 Å². The second-order valence-corrected chi connectivity index (χ2v) is 5.96. The van der Waals surface area contributed by atoms with E-state index in [0.717, 1.165) is 32.7 Å². The zero-order valence-corrected chi connectivity index (χ0v) is 13.7. The molecule has 1 fully saturated rings. The first-order chi connectivity index (χ1) is 11.1. The molecule has 0 radical (unpaired) electrons. The Morgan fingerprint density at radius 1 is 1.22 bits per heavy atom. The summed E-state index contributed by atoms with van der Waals surface area (Å²) >= 11 is 0. The number of hydrogen-bond acceptors (Lipinski definition) is 4. The van der Waals surface area contributed by atoms with Gasteiger partial charge in [-0.1, -0.05) is 6.92 Å². The number of carbonyl (C=O) groups excluding carboxylic acids is 2. The Morgan fingerprint density at radius 2 is 1.96 bits per heavy atom. The minimum Gasteiger partial charge on any atom is -0.491 e. The van der Waals surface area contributed by atoms with Crippen LogP contribution in [-0.4, -0.2) is 68.0 Å². The molecule has 0 bridgehead atoms. The monoisotopic (exact) mass is 317 g/mol. The Balaban J connectivity index is 1.80. The summed E-state index contributed by atoms with van der Waals surface area (Å²) in [4.78, 5) is 30.5. The molecule has 0 spiro atoms. The fourth-order valence-corrected chi connectivity index (χ4v) is 3.03. The molecule has 124 valence electrons. The summed E-state index contributed by atoms with van der Waals surface area (Å²) in [5, 5.41) is 0. The number of hydrogen-bond donors (Lipinski definition) is 0. The van der Waals surface area contributed by atoms with Crippen molar-refractivity contribution in [3.05, 3.63) is 23.8 Å². The van der Waals surface area contributed by atoms with Gasteiger partial charge in [-0.25, -0.2) is 0 Å². The van der Waals surface area contributed by atoms with Gasteiger partial charge < -0.3 is 19.4 Å². The van der Waals surface area contributed by atoms with Gasteiger partial charge in [0.15, 0.2) is 0 Å². The first kappa shape index (κ1) is 15.8. The topological polar surface area (TPSA) is 53.1 Å². The van der Waals surface area contributed by atoms with Gasteiger partial charge in [-0.2, -0.15) is 0 Å². The number of carbonyl (C=O) groups is 2. The van der Waals surface area contributed by atoms with Crippen molar-refractivity contribution in [3.63, 3.8) is 0 Å². The minimum atomic E-state index is 0.00455. The predicted octanol–water partition coefficient (Wildman–Crippen LogP) is 1.21. The van der Waals surface area contributed by atoms with Crippen molar-refractivity contribution in [2.75, 3.05) is 51.3 Å². The summed E-state index contributed by atoms with van der Waals surface area (Å²) in [7, 11) is 1.73. The molecule has 0 N–H and O–H groups in total. The van der Waals surface area contributed by atoms with Crippen LogP contribution in [0.5, 0.6) is 5.75 Å². The molecule has 1 aromatic carbocycles. The van der Waals surface area contributed by atoms with Gasteiger partial charge >= 0.3 is 0 Å². The Bertz CT molecular complexity index is 609. The van der Waals surface area contributed by atoms with Crippen LogP contribution >= 0.6 is 0 Å². The van der Waals surface area contributed by atoms with Crippen molar-refractivity contribution in [1.82, 2.24) is 9.80 Å². The van der Waals surface area contributed by atoms with Gasteiger partial charge in [0.1, 0.15) is 5.75 Å². The number of benzene rings is 1. The van der Waals surface area contributed by atoms with Crippen molar-refractivity contribution in [1.29, 1.82) is 0 Å². The highest BCUT2D eigenvalue weighted by atomic mass is 16.5. The Hall–Kier alpha value is -2.08. The fraction of sp³-hybridized carbons (Fsp3) is 0.529. The van der Waals surface area contributed by atoms with Crippen molar-refractivity contribution >= 4 is 17.5 Å². The smallest absolute Gasteiger partial charge is 0.254 e. The van der Waals surface area contributed by atoms with Crippen LogP contribution < -0.4 is 9.64 Å². The number of likely N-dealkylation sites (N-methyl/N-ethyl adjacent to an activating group) is 1. The summed E-state index contributed by atoms with van der Waals surface area (Å²) in [6.07, 6.45) is 0.355. The standard InChI is InChI=1S/C17H23N3O3/c1-3-19-7-9-20(10-8-19)17(22)13-4-5-15-14(12-13)18(2)16(21)6-11-23-15/h4-5,12H,3,6-11H2,1-2H3. The normalized spacial score (nSPS) is 19.1. The second-order valence-electron chi connectivity index (χ2n) is 5.96. The Labute approximate surface area is 136 Å². The summed E-state index contributed by atoms with van der Waals surface area (Å²) in [5.74, 6) is 0.685. The number of piperazine rings is 1. The molecule has 0 aromatic heterocycles. The number of amides is 2. The van der Waals surface area contributed by atoms with E-state index >= 15 is 0 Å². The van der Waals surface area contributed by atoms with E-state index in [4.69, 9.17) is 4.74 Å². The van der Waals surface area contributed by atoms with Crippen LogP contribution in [0.2, 0.25) is 0 Å². The van der Waals surface area contributed by atoms with Gasteiger partial charge in [-0.3, -0.25) is 9.59 Å². The van der Waals surface area contributed by atoms with Gasteiger partial charge in [0.05, 0.1) is 18.7 Å². The molecule has 2 aliphatic heterocycles. The minimum absolute atomic E-state index is 0.00455. The number of fused-ring (bicyclic) bond motifs is 1. The predicted molar refractivity (Wildman–Crippen MR) is 88.0 cm³/mol. The first-order valence-corrected chi connectivity index (χ1v) is 8.15. The molecular weight excluding hydrogens is 294 g/mol. The van der Waals surface area contributed by atoms with E-state index < -0.39 is 0 Å². The Kier molecular flexibility index (Phi) is 4.52. The molecule has 6 heteroatoms. The Morgan fingerprint density at radius 3 is 2.65 bits per heavy atom. The maximum atomic E-state index is 12.7. The van der Waals surface area contributed by atoms with Gasteiger partial charge in [-0.05, 0) is 24.7 Å². The van der Waals surface area contributed by atoms with Crippen LogP contribution in [0, 0.1) is 0 Å². The van der Waals surface area contributed by atoms with Gasteiger partial charge in [-0.15, -0.1) is 0 Å². The molecule has 0 aliphatic carbocycles. The van der Waals surface area contributed by atoms with Crippen molar-refractivity contribution < 1.29 is 14.3 Å². The molecule has 1 saturated heterocycles. The highest BCUT2D eigenvalue weighted by Gasteiger charge is 2.25. The average molecular weight is 317 g/mol. The van der Waals surface area contributed by atoms with E-state index in [1.807, 2.05) is 4.90 Å². The van der Waals surface area contributed by atoms with E-state index in [0.29, 0.717) is 30.0 Å². The SMILES string of the molecule is CCN1CCN(C(=O)c2ccc3c(c2)N(C)C(=O)CCO3)CC1. The lowest BCUT2D eigenvalue weighted by atomic mass is 10.1. The molecular formula is C17H23N3O3. The van der Waals surface area contributed by atoms with Crippen LogP contribution in [0.1, 0.15) is 23.7 Å². The lowest BCUT2D eigenvalue weighted by molar-refractivity contribution is -0.118. The highest BCUT2D eigenvalue weighted by Crippen LogP contribution is 2.31. The van der Waals surface area contributed by atoms with Crippen LogP contribution in [0.25, 0.3) is 0 Å². The molecule has 23 heavy (non-hydrogen) atoms. The zero-order chi connectivity index (χ0) is 16.4. The quantitative estimate of drug-likeness (QED) is 0.823. The maximum Gasteiger partial charge on any atom is 0.254 e. The van der Waals surface area contributed by atoms with E-state index in [1.54, 1.807) is 30.1 Å². The summed E-state index contributed by atoms with van der Waals surface area (Å²) in [6.45, 7) is 6.85. The molecule has 1 aromatic rings. The fourth-order valence-electron chi connectivity index (χ4n) is 3.03. The van der Waals surface area contributed by atoms with E-state index in [-0.39, 0.29) is 11.8 Å². The number of rotatable bonds is 2. The summed E-state index contributed by atoms with van der Waals surface area (Å²) in [5.41, 5.74) is 1.28. The van der Waals surface area contributed by atoms with E-state index in [2.05, 4.69) is 11.8 Å². The van der Waals surface area contributed by atoms with Gasteiger partial charge in [0.2, 0.25) is 5.91 Å². The third-order valence-electron chi connectivity index (χ3n) is 4.62. The van der Waals surface area contributed by atoms with Crippen molar-refractivity contribution in [2.24, 2.45) is 0 Å². The number of anilines is 1. The molecule has 2 aliphatic rings. The lowest BCUT2D eigenvalue weighted by Gasteiger charge is -2.34. The van der Waals surface area contributed by atoms with Crippen molar-refractivity contribution in [2.45, 2.75) is 13.3 Å². The third kappa shape index (κ3) is 3.17. The highest BCUT2D eigenvalue weighted by molar-refractivity contribution is 5.99. The average Bonchev–Trinajstić information content (AvgIpc) is 2.73. The number of ether oxygens (including phenoxy) is 1. The molecule has 3 rings (SSSR count). The van der Waals surface area contributed by atoms with Gasteiger partial charge in [0.25, 0.3) is 5.91 Å². The van der Waals surface area contributed by atoms with Crippen molar-refractivity contribution in [3.8, 4) is 5.75 Å².